The van der Waals surface area contributed by atoms with Gasteiger partial charge in [0.2, 0.25) is 11.6 Å². The van der Waals surface area contributed by atoms with E-state index in [0.29, 0.717) is 51.4 Å². The number of para-hydroxylation sites is 1. The highest BCUT2D eigenvalue weighted by Crippen LogP contribution is 2.21. The summed E-state index contributed by atoms with van der Waals surface area (Å²) in [5, 5.41) is 2.60. The largest absolute Gasteiger partial charge is 0.496 e. The second-order valence-corrected chi connectivity index (χ2v) is 9.63. The minimum atomic E-state index is -0.890. The first-order valence-corrected chi connectivity index (χ1v) is 14.3. The molecule has 0 saturated carbocycles. The van der Waals surface area contributed by atoms with Gasteiger partial charge in [-0.3, -0.25) is 9.59 Å². The number of aryl methyl sites for hydroxylation is 1. The molecule has 1 aromatic heterocycles. The Morgan fingerprint density at radius 1 is 1.02 bits per heavy atom. The number of aromatic nitrogens is 1. The van der Waals surface area contributed by atoms with Gasteiger partial charge in [0.15, 0.2) is 6.20 Å². The number of benzene rings is 1. The van der Waals surface area contributed by atoms with Gasteiger partial charge in [-0.25, -0.2) is 19.1 Å². The van der Waals surface area contributed by atoms with Crippen LogP contribution in [0, 0.1) is 0 Å². The second kappa shape index (κ2) is 17.7. The van der Waals surface area contributed by atoms with Crippen LogP contribution in [0.2, 0.25) is 0 Å². The van der Waals surface area contributed by atoms with Crippen LogP contribution in [-0.2, 0) is 36.8 Å². The number of imide groups is 1. The first-order valence-electron chi connectivity index (χ1n) is 14.3. The molecule has 13 heteroatoms. The van der Waals surface area contributed by atoms with Crippen molar-refractivity contribution in [3.05, 3.63) is 59.9 Å². The van der Waals surface area contributed by atoms with Crippen LogP contribution >= 0.6 is 0 Å². The molecule has 1 aliphatic rings. The Labute approximate surface area is 251 Å². The number of nitrogens with one attached hydrogen (secondary N) is 1. The highest BCUT2D eigenvalue weighted by Gasteiger charge is 2.30. The molecule has 43 heavy (non-hydrogen) atoms. The van der Waals surface area contributed by atoms with E-state index in [9.17, 15) is 19.2 Å². The number of nitrogens with zero attached hydrogens (tertiary/aromatic N) is 3. The van der Waals surface area contributed by atoms with E-state index in [1.54, 1.807) is 29.2 Å². The first kappa shape index (κ1) is 33.3. The lowest BCUT2D eigenvalue weighted by molar-refractivity contribution is -0.701. The van der Waals surface area contributed by atoms with Crippen LogP contribution in [0.15, 0.2) is 48.7 Å². The fourth-order valence-corrected chi connectivity index (χ4v) is 4.36. The van der Waals surface area contributed by atoms with Crippen molar-refractivity contribution in [2.75, 3.05) is 60.3 Å². The number of hydrogen-bond donors (Lipinski definition) is 1. The minimum absolute atomic E-state index is 0.0229. The topological polar surface area (TPSA) is 137 Å². The molecule has 0 aliphatic carbocycles. The van der Waals surface area contributed by atoms with E-state index in [2.05, 4.69) is 5.32 Å². The van der Waals surface area contributed by atoms with Crippen molar-refractivity contribution in [3.8, 4) is 5.75 Å². The summed E-state index contributed by atoms with van der Waals surface area (Å²) in [6.45, 7) is 4.57. The van der Waals surface area contributed by atoms with Crippen molar-refractivity contribution >= 4 is 24.0 Å². The molecule has 1 atom stereocenters. The Morgan fingerprint density at radius 2 is 1.74 bits per heavy atom. The zero-order chi connectivity index (χ0) is 31.0. The van der Waals surface area contributed by atoms with E-state index < -0.39 is 24.2 Å². The lowest BCUT2D eigenvalue weighted by Gasteiger charge is -2.26. The number of carbonyl (C=O) groups is 4. The van der Waals surface area contributed by atoms with Gasteiger partial charge in [-0.1, -0.05) is 18.2 Å². The van der Waals surface area contributed by atoms with Crippen molar-refractivity contribution in [2.45, 2.75) is 39.0 Å². The second-order valence-electron chi connectivity index (χ2n) is 9.63. The Balaban J connectivity index is 1.53. The molecule has 1 fully saturated rings. The van der Waals surface area contributed by atoms with Gasteiger partial charge in [0.1, 0.15) is 38.2 Å². The molecular formula is C30H41N4O9+. The first-order chi connectivity index (χ1) is 20.9. The van der Waals surface area contributed by atoms with Gasteiger partial charge in [-0.05, 0) is 25.5 Å². The van der Waals surface area contributed by atoms with E-state index in [-0.39, 0.29) is 37.8 Å². The van der Waals surface area contributed by atoms with Crippen molar-refractivity contribution in [2.24, 2.45) is 0 Å². The molecule has 3 rings (SSSR count). The van der Waals surface area contributed by atoms with E-state index in [1.807, 2.05) is 35.9 Å². The van der Waals surface area contributed by atoms with Crippen LogP contribution in [0.25, 0.3) is 0 Å². The number of pyridine rings is 1. The lowest BCUT2D eigenvalue weighted by Crippen LogP contribution is -2.44. The van der Waals surface area contributed by atoms with Crippen LogP contribution in [0.5, 0.6) is 5.75 Å². The van der Waals surface area contributed by atoms with Crippen molar-refractivity contribution < 1.29 is 47.4 Å². The summed E-state index contributed by atoms with van der Waals surface area (Å²) in [4.78, 5) is 53.9. The van der Waals surface area contributed by atoms with E-state index in [4.69, 9.17) is 23.7 Å². The molecule has 4 amide bonds. The number of alkyl carbamates (subject to hydrolysis) is 1. The monoisotopic (exact) mass is 601 g/mol. The summed E-state index contributed by atoms with van der Waals surface area (Å²) in [6.07, 6.45) is 0.275. The van der Waals surface area contributed by atoms with E-state index in [0.717, 1.165) is 10.6 Å². The summed E-state index contributed by atoms with van der Waals surface area (Å²) in [5.74, 6) is -0.248. The molecule has 0 radical (unpaired) electrons. The van der Waals surface area contributed by atoms with E-state index in [1.165, 1.54) is 14.2 Å². The van der Waals surface area contributed by atoms with Crippen LogP contribution in [0.4, 0.5) is 9.59 Å². The summed E-state index contributed by atoms with van der Waals surface area (Å²) >= 11 is 0. The molecule has 1 N–H and O–H groups in total. The molecule has 1 aliphatic heterocycles. The van der Waals surface area contributed by atoms with Crippen molar-refractivity contribution in [3.63, 3.8) is 0 Å². The molecule has 2 aromatic rings. The summed E-state index contributed by atoms with van der Waals surface area (Å²) in [7, 11) is 2.84. The average molecular weight is 602 g/mol. The summed E-state index contributed by atoms with van der Waals surface area (Å²) in [5.41, 5.74) is 0.927. The highest BCUT2D eigenvalue weighted by molar-refractivity contribution is 6.04. The highest BCUT2D eigenvalue weighted by atomic mass is 16.6. The predicted molar refractivity (Wildman–Crippen MR) is 153 cm³/mol. The smallest absolute Gasteiger partial charge is 0.417 e. The normalized spacial score (nSPS) is 13.5. The molecule has 1 unspecified atom stereocenters. The number of hydrogen-bond acceptors (Lipinski definition) is 9. The number of methoxy groups -OCH3 is 2. The van der Waals surface area contributed by atoms with Crippen molar-refractivity contribution in [1.82, 2.24) is 15.1 Å². The van der Waals surface area contributed by atoms with Crippen LogP contribution in [-0.4, -0.2) is 100 Å². The fraction of sp³-hybridized carbons (Fsp3) is 0.500. The number of ether oxygens (including phenoxy) is 5. The van der Waals surface area contributed by atoms with Gasteiger partial charge in [-0.2, -0.15) is 0 Å². The lowest BCUT2D eigenvalue weighted by atomic mass is 10.1. The molecule has 1 saturated heterocycles. The van der Waals surface area contributed by atoms with E-state index >= 15 is 0 Å². The molecule has 234 valence electrons. The van der Waals surface area contributed by atoms with Gasteiger partial charge in [0, 0.05) is 45.3 Å². The molecule has 13 nitrogen and oxygen atoms in total. The number of morpholine rings is 1. The standard InChI is InChI=1S/C30H40N4O9/c1-4-32-15-8-7-10-23(32)20-34(28(36)25-11-5-6-12-26(25)40-3)30(38)43-22-24(39-2)21-42-29(37)31-14-9-13-27(35)33-16-18-41-19-17-33/h5-8,10-12,15,24H,4,9,13-14,16-22H2,1-3H3/p+1. The zero-order valence-corrected chi connectivity index (χ0v) is 25.0. The van der Waals surface area contributed by atoms with Gasteiger partial charge in [0.05, 0.1) is 25.9 Å². The molecule has 0 bridgehead atoms. The minimum Gasteiger partial charge on any atom is -0.496 e. The Bertz CT molecular complexity index is 1220. The maximum Gasteiger partial charge on any atom is 0.417 e. The number of amides is 4. The van der Waals surface area contributed by atoms with Gasteiger partial charge in [0.25, 0.3) is 5.91 Å². The Morgan fingerprint density at radius 3 is 2.47 bits per heavy atom. The third-order valence-corrected chi connectivity index (χ3v) is 6.83. The predicted octanol–water partition coefficient (Wildman–Crippen LogP) is 2.16. The fourth-order valence-electron chi connectivity index (χ4n) is 4.36. The maximum absolute atomic E-state index is 13.6. The van der Waals surface area contributed by atoms with Crippen LogP contribution in [0.1, 0.15) is 35.8 Å². The summed E-state index contributed by atoms with van der Waals surface area (Å²) < 4.78 is 28.5. The third kappa shape index (κ3) is 10.2. The number of carbonyl (C=O) groups excluding carboxylic acids is 4. The zero-order valence-electron chi connectivity index (χ0n) is 25.0. The van der Waals surface area contributed by atoms with Gasteiger partial charge in [-0.15, -0.1) is 0 Å². The Hall–Kier alpha value is -4.23. The molecular weight excluding hydrogens is 560 g/mol. The van der Waals surface area contributed by atoms with Gasteiger partial charge < -0.3 is 33.9 Å². The molecule has 0 spiro atoms. The molecule has 2 heterocycles. The molecule has 1 aromatic carbocycles. The number of rotatable bonds is 14. The quantitative estimate of drug-likeness (QED) is 0.255. The average Bonchev–Trinajstić information content (AvgIpc) is 3.05. The Kier molecular flexibility index (Phi) is 13.7. The maximum atomic E-state index is 13.6. The van der Waals surface area contributed by atoms with Crippen LogP contribution < -0.4 is 14.6 Å². The van der Waals surface area contributed by atoms with Gasteiger partial charge >= 0.3 is 12.2 Å². The SMILES string of the molecule is CC[n+]1ccccc1CN(C(=O)OCC(COC(=O)NCCCC(=O)N1CCOCC1)OC)C(=O)c1ccccc1OC. The van der Waals surface area contributed by atoms with Crippen molar-refractivity contribution in [1.29, 1.82) is 0 Å². The summed E-state index contributed by atoms with van der Waals surface area (Å²) in [6, 6.07) is 12.1. The third-order valence-electron chi connectivity index (χ3n) is 6.83. The van der Waals surface area contributed by atoms with Crippen LogP contribution in [0.3, 0.4) is 0 Å².